The monoisotopic (exact) mass is 367 g/mol. The summed E-state index contributed by atoms with van der Waals surface area (Å²) in [6, 6.07) is 7.57. The minimum atomic E-state index is -0.570. The lowest BCUT2D eigenvalue weighted by Gasteiger charge is -2.24. The molecule has 0 aliphatic carbocycles. The maximum absolute atomic E-state index is 10.1. The van der Waals surface area contributed by atoms with Crippen LogP contribution in [0.15, 0.2) is 24.3 Å². The Hall–Kier alpha value is -1.30. The van der Waals surface area contributed by atoms with Crippen molar-refractivity contribution in [3.63, 3.8) is 0 Å². The topological polar surface area (TPSA) is 60.0 Å². The number of aliphatic hydroxyl groups excluding tert-OH is 1. The number of ether oxygens (including phenoxy) is 3. The Kier molecular flexibility index (Phi) is 10.6. The highest BCUT2D eigenvalue weighted by atomic mass is 16.5. The molecule has 1 aliphatic heterocycles. The normalized spacial score (nSPS) is 18.5. The lowest BCUT2D eigenvalue weighted by Crippen LogP contribution is -2.42. The molecular formula is C21H37NO4. The van der Waals surface area contributed by atoms with Gasteiger partial charge in [-0.3, -0.25) is 0 Å². The predicted octanol–water partition coefficient (Wildman–Crippen LogP) is 3.79. The largest absolute Gasteiger partial charge is 0.487 e. The summed E-state index contributed by atoms with van der Waals surface area (Å²) in [5.41, 5.74) is -0.0258. The van der Waals surface area contributed by atoms with E-state index in [0.717, 1.165) is 19.4 Å². The number of benzene rings is 1. The van der Waals surface area contributed by atoms with E-state index >= 15 is 0 Å². The van der Waals surface area contributed by atoms with E-state index in [1.807, 2.05) is 38.1 Å². The molecule has 26 heavy (non-hydrogen) atoms. The van der Waals surface area contributed by atoms with Gasteiger partial charge in [0.15, 0.2) is 11.5 Å². The Morgan fingerprint density at radius 1 is 1.15 bits per heavy atom. The van der Waals surface area contributed by atoms with Gasteiger partial charge in [0.05, 0.1) is 6.10 Å². The van der Waals surface area contributed by atoms with Crippen molar-refractivity contribution in [3.8, 4) is 11.5 Å². The molecule has 1 heterocycles. The summed E-state index contributed by atoms with van der Waals surface area (Å²) in [4.78, 5) is 0. The SMILES string of the molecule is CC.CC(C)(C)NCC(O)COc1ccccc1OCC1CCCCO1. The smallest absolute Gasteiger partial charge is 0.161 e. The van der Waals surface area contributed by atoms with Crippen LogP contribution in [-0.4, -0.2) is 49.2 Å². The molecule has 1 aromatic carbocycles. The molecular weight excluding hydrogens is 330 g/mol. The molecule has 0 spiro atoms. The first-order valence-electron chi connectivity index (χ1n) is 9.83. The minimum Gasteiger partial charge on any atom is -0.487 e. The molecule has 0 saturated carbocycles. The highest BCUT2D eigenvalue weighted by molar-refractivity contribution is 5.39. The number of β-amino-alcohol motifs (C(OH)–C–C–N with tert-alkyl or cyclic N) is 1. The number of para-hydroxylation sites is 2. The highest BCUT2D eigenvalue weighted by Crippen LogP contribution is 2.27. The number of hydrogen-bond donors (Lipinski definition) is 2. The van der Waals surface area contributed by atoms with Crippen LogP contribution in [0, 0.1) is 0 Å². The molecule has 2 atom stereocenters. The summed E-state index contributed by atoms with van der Waals surface area (Å²) in [5.74, 6) is 1.35. The van der Waals surface area contributed by atoms with Gasteiger partial charge in [-0.2, -0.15) is 0 Å². The van der Waals surface area contributed by atoms with Gasteiger partial charge >= 0.3 is 0 Å². The Labute approximate surface area is 159 Å². The van der Waals surface area contributed by atoms with E-state index in [1.54, 1.807) is 0 Å². The second kappa shape index (κ2) is 12.2. The fraction of sp³-hybridized carbons (Fsp3) is 0.714. The molecule has 2 unspecified atom stereocenters. The molecule has 0 bridgehead atoms. The molecule has 0 radical (unpaired) electrons. The lowest BCUT2D eigenvalue weighted by molar-refractivity contribution is -0.0118. The van der Waals surface area contributed by atoms with Crippen LogP contribution in [0.1, 0.15) is 53.9 Å². The number of aliphatic hydroxyl groups is 1. The number of hydrogen-bond acceptors (Lipinski definition) is 5. The third-order valence-electron chi connectivity index (χ3n) is 3.85. The van der Waals surface area contributed by atoms with E-state index in [-0.39, 0.29) is 18.2 Å². The Morgan fingerprint density at radius 2 is 1.81 bits per heavy atom. The average molecular weight is 368 g/mol. The Balaban J connectivity index is 0.00000163. The first kappa shape index (κ1) is 22.7. The number of nitrogens with one attached hydrogen (secondary N) is 1. The van der Waals surface area contributed by atoms with Crippen LogP contribution in [0.4, 0.5) is 0 Å². The van der Waals surface area contributed by atoms with Crippen LogP contribution < -0.4 is 14.8 Å². The zero-order valence-electron chi connectivity index (χ0n) is 17.1. The highest BCUT2D eigenvalue weighted by Gasteiger charge is 2.16. The predicted molar refractivity (Wildman–Crippen MR) is 106 cm³/mol. The fourth-order valence-corrected chi connectivity index (χ4v) is 2.48. The second-order valence-electron chi connectivity index (χ2n) is 7.34. The lowest BCUT2D eigenvalue weighted by atomic mass is 10.1. The third-order valence-corrected chi connectivity index (χ3v) is 3.85. The van der Waals surface area contributed by atoms with Crippen molar-refractivity contribution >= 4 is 0 Å². The second-order valence-corrected chi connectivity index (χ2v) is 7.34. The van der Waals surface area contributed by atoms with Crippen molar-refractivity contribution in [2.75, 3.05) is 26.4 Å². The van der Waals surface area contributed by atoms with Gasteiger partial charge in [-0.05, 0) is 52.2 Å². The molecule has 1 aliphatic rings. The van der Waals surface area contributed by atoms with Crippen LogP contribution in [0.2, 0.25) is 0 Å². The fourth-order valence-electron chi connectivity index (χ4n) is 2.48. The van der Waals surface area contributed by atoms with E-state index in [0.29, 0.717) is 24.7 Å². The van der Waals surface area contributed by atoms with Crippen molar-refractivity contribution in [3.05, 3.63) is 24.3 Å². The van der Waals surface area contributed by atoms with Crippen LogP contribution in [0.25, 0.3) is 0 Å². The van der Waals surface area contributed by atoms with Gasteiger partial charge in [-0.25, -0.2) is 0 Å². The molecule has 2 rings (SSSR count). The zero-order valence-corrected chi connectivity index (χ0v) is 17.1. The zero-order chi connectivity index (χ0) is 19.4. The molecule has 0 amide bonds. The van der Waals surface area contributed by atoms with Gasteiger partial charge in [0.2, 0.25) is 0 Å². The van der Waals surface area contributed by atoms with Crippen molar-refractivity contribution in [2.45, 2.75) is 71.6 Å². The molecule has 1 fully saturated rings. The summed E-state index contributed by atoms with van der Waals surface area (Å²) in [5, 5.41) is 13.3. The quantitative estimate of drug-likeness (QED) is 0.732. The van der Waals surface area contributed by atoms with Crippen LogP contribution >= 0.6 is 0 Å². The van der Waals surface area contributed by atoms with Crippen molar-refractivity contribution < 1.29 is 19.3 Å². The Bertz CT molecular complexity index is 481. The van der Waals surface area contributed by atoms with E-state index in [2.05, 4.69) is 26.1 Å². The molecule has 1 saturated heterocycles. The van der Waals surface area contributed by atoms with E-state index < -0.39 is 6.10 Å². The van der Waals surface area contributed by atoms with Gasteiger partial charge in [0.1, 0.15) is 19.3 Å². The maximum Gasteiger partial charge on any atom is 0.161 e. The first-order chi connectivity index (χ1) is 12.4. The van der Waals surface area contributed by atoms with Gasteiger partial charge < -0.3 is 24.6 Å². The molecule has 5 nitrogen and oxygen atoms in total. The first-order valence-corrected chi connectivity index (χ1v) is 9.83. The average Bonchev–Trinajstić information content (AvgIpc) is 2.65. The molecule has 5 heteroatoms. The van der Waals surface area contributed by atoms with Crippen molar-refractivity contribution in [2.24, 2.45) is 0 Å². The molecule has 150 valence electrons. The van der Waals surface area contributed by atoms with Crippen molar-refractivity contribution in [1.82, 2.24) is 5.32 Å². The van der Waals surface area contributed by atoms with Crippen LogP contribution in [-0.2, 0) is 4.74 Å². The minimum absolute atomic E-state index is 0.0258. The summed E-state index contributed by atoms with van der Waals surface area (Å²) >= 11 is 0. The molecule has 0 aromatic heterocycles. The van der Waals surface area contributed by atoms with Crippen LogP contribution in [0.3, 0.4) is 0 Å². The van der Waals surface area contributed by atoms with Crippen LogP contribution in [0.5, 0.6) is 11.5 Å². The maximum atomic E-state index is 10.1. The van der Waals surface area contributed by atoms with Gasteiger partial charge in [-0.15, -0.1) is 0 Å². The van der Waals surface area contributed by atoms with Gasteiger partial charge in [0, 0.05) is 18.7 Å². The summed E-state index contributed by atoms with van der Waals surface area (Å²) in [7, 11) is 0. The van der Waals surface area contributed by atoms with E-state index in [1.165, 1.54) is 6.42 Å². The van der Waals surface area contributed by atoms with Crippen molar-refractivity contribution in [1.29, 1.82) is 0 Å². The molecule has 1 aromatic rings. The summed E-state index contributed by atoms with van der Waals surface area (Å²) in [6.45, 7) is 12.3. The third kappa shape index (κ3) is 9.41. The van der Waals surface area contributed by atoms with E-state index in [4.69, 9.17) is 14.2 Å². The van der Waals surface area contributed by atoms with Gasteiger partial charge in [-0.1, -0.05) is 26.0 Å². The standard InChI is InChI=1S/C19H31NO4.C2H6/c1-19(2,3)20-12-15(21)13-23-17-9-4-5-10-18(17)24-14-16-8-6-7-11-22-16;1-2/h4-5,9-10,15-16,20-21H,6-8,11-14H2,1-3H3;1-2H3. The number of rotatable bonds is 8. The summed E-state index contributed by atoms with van der Waals surface area (Å²) < 4.78 is 17.3. The van der Waals surface area contributed by atoms with Gasteiger partial charge in [0.25, 0.3) is 0 Å². The Morgan fingerprint density at radius 3 is 2.38 bits per heavy atom. The summed E-state index contributed by atoms with van der Waals surface area (Å²) in [6.07, 6.45) is 2.96. The molecule has 2 N–H and O–H groups in total. The van der Waals surface area contributed by atoms with E-state index in [9.17, 15) is 5.11 Å².